The van der Waals surface area contributed by atoms with Gasteiger partial charge >= 0.3 is 0 Å². The van der Waals surface area contributed by atoms with Gasteiger partial charge in [0.15, 0.2) is 9.84 Å². The first-order chi connectivity index (χ1) is 7.70. The summed E-state index contributed by atoms with van der Waals surface area (Å²) in [6, 6.07) is 0. The molecule has 0 rings (SSSR count). The normalized spacial score (nSPS) is 14.2. The van der Waals surface area contributed by atoms with Crippen LogP contribution in [0.4, 0.5) is 0 Å². The minimum absolute atomic E-state index is 0.0308. The molecule has 0 spiro atoms. The van der Waals surface area contributed by atoms with Gasteiger partial charge in [-0.3, -0.25) is 5.41 Å². The summed E-state index contributed by atoms with van der Waals surface area (Å²) in [5.74, 6) is 0.287. The minimum Gasteiger partial charge on any atom is -0.387 e. The van der Waals surface area contributed by atoms with Crippen LogP contribution in [0.3, 0.4) is 0 Å². The summed E-state index contributed by atoms with van der Waals surface area (Å²) in [4.78, 5) is 2.02. The Kier molecular flexibility index (Phi) is 6.70. The van der Waals surface area contributed by atoms with E-state index in [0.29, 0.717) is 13.1 Å². The van der Waals surface area contributed by atoms with Crippen molar-refractivity contribution >= 4 is 15.7 Å². The standard InChI is InChI=1S/C11H25N3O2S/c1-5-14(8-10(4)11(12)13)6-7-17(15,16)9(2)3/h9-10H,5-8H2,1-4H3,(H3,12,13). The van der Waals surface area contributed by atoms with E-state index >= 15 is 0 Å². The van der Waals surface area contributed by atoms with E-state index in [0.717, 1.165) is 6.54 Å². The van der Waals surface area contributed by atoms with Crippen molar-refractivity contribution in [3.8, 4) is 0 Å². The highest BCUT2D eigenvalue weighted by Gasteiger charge is 2.18. The lowest BCUT2D eigenvalue weighted by atomic mass is 10.1. The third kappa shape index (κ3) is 6.02. The smallest absolute Gasteiger partial charge is 0.153 e. The Labute approximate surface area is 105 Å². The lowest BCUT2D eigenvalue weighted by Gasteiger charge is -2.23. The Bertz CT molecular complexity index is 339. The average Bonchev–Trinajstić information content (AvgIpc) is 2.23. The second-order valence-corrected chi connectivity index (χ2v) is 7.34. The Morgan fingerprint density at radius 3 is 2.24 bits per heavy atom. The SMILES string of the molecule is CCN(CCS(=O)(=O)C(C)C)CC(C)C(=N)N. The van der Waals surface area contributed by atoms with Gasteiger partial charge in [0, 0.05) is 19.0 Å². The number of nitrogens with two attached hydrogens (primary N) is 1. The average molecular weight is 263 g/mol. The molecule has 17 heavy (non-hydrogen) atoms. The molecule has 0 amide bonds. The summed E-state index contributed by atoms with van der Waals surface area (Å²) >= 11 is 0. The van der Waals surface area contributed by atoms with Gasteiger partial charge in [-0.25, -0.2) is 8.42 Å². The molecular formula is C11H25N3O2S. The quantitative estimate of drug-likeness (QED) is 0.498. The molecule has 1 unspecified atom stereocenters. The van der Waals surface area contributed by atoms with Gasteiger partial charge in [-0.1, -0.05) is 13.8 Å². The molecule has 0 fully saturated rings. The maximum atomic E-state index is 11.7. The molecule has 5 nitrogen and oxygen atoms in total. The Hall–Kier alpha value is -0.620. The fraction of sp³-hybridized carbons (Fsp3) is 0.909. The van der Waals surface area contributed by atoms with Gasteiger partial charge in [0.25, 0.3) is 0 Å². The molecule has 0 bridgehead atoms. The molecule has 0 aliphatic carbocycles. The van der Waals surface area contributed by atoms with Gasteiger partial charge < -0.3 is 10.6 Å². The number of rotatable bonds is 8. The summed E-state index contributed by atoms with van der Waals surface area (Å²) in [5, 5.41) is 7.00. The van der Waals surface area contributed by atoms with Crippen molar-refractivity contribution < 1.29 is 8.42 Å². The van der Waals surface area contributed by atoms with Crippen molar-refractivity contribution in [1.82, 2.24) is 4.90 Å². The van der Waals surface area contributed by atoms with Gasteiger partial charge in [0.05, 0.1) is 16.8 Å². The molecule has 0 aromatic carbocycles. The monoisotopic (exact) mass is 263 g/mol. The lowest BCUT2D eigenvalue weighted by Crippen LogP contribution is -2.37. The van der Waals surface area contributed by atoms with E-state index in [2.05, 4.69) is 0 Å². The Morgan fingerprint density at radius 1 is 1.35 bits per heavy atom. The second-order valence-electron chi connectivity index (χ2n) is 4.67. The van der Waals surface area contributed by atoms with Gasteiger partial charge in [0.2, 0.25) is 0 Å². The molecule has 0 aliphatic rings. The summed E-state index contributed by atoms with van der Waals surface area (Å²) in [6.45, 7) is 9.17. The topological polar surface area (TPSA) is 87.2 Å². The second kappa shape index (κ2) is 6.96. The first-order valence-corrected chi connectivity index (χ1v) is 7.70. The van der Waals surface area contributed by atoms with Crippen molar-refractivity contribution in [3.63, 3.8) is 0 Å². The lowest BCUT2D eigenvalue weighted by molar-refractivity contribution is 0.286. The van der Waals surface area contributed by atoms with Crippen molar-refractivity contribution in [1.29, 1.82) is 5.41 Å². The van der Waals surface area contributed by atoms with E-state index in [1.165, 1.54) is 0 Å². The maximum absolute atomic E-state index is 11.7. The number of sulfone groups is 1. The van der Waals surface area contributed by atoms with Crippen LogP contribution in [-0.2, 0) is 9.84 Å². The summed E-state index contributed by atoms with van der Waals surface area (Å²) in [5.41, 5.74) is 5.41. The molecule has 102 valence electrons. The molecule has 0 aromatic rings. The van der Waals surface area contributed by atoms with Gasteiger partial charge in [-0.2, -0.15) is 0 Å². The van der Waals surface area contributed by atoms with E-state index in [4.69, 9.17) is 11.1 Å². The number of hydrogen-bond donors (Lipinski definition) is 2. The summed E-state index contributed by atoms with van der Waals surface area (Å²) < 4.78 is 23.4. The molecular weight excluding hydrogens is 238 g/mol. The van der Waals surface area contributed by atoms with E-state index in [-0.39, 0.29) is 22.8 Å². The Morgan fingerprint density at radius 2 is 1.88 bits per heavy atom. The number of nitrogens with one attached hydrogen (secondary N) is 1. The largest absolute Gasteiger partial charge is 0.387 e. The molecule has 1 atom stereocenters. The molecule has 6 heteroatoms. The zero-order valence-corrected chi connectivity index (χ0v) is 12.0. The fourth-order valence-corrected chi connectivity index (χ4v) is 2.34. The zero-order valence-electron chi connectivity index (χ0n) is 11.2. The Balaban J connectivity index is 4.29. The predicted octanol–water partition coefficient (Wildman–Crippen LogP) is 0.704. The predicted molar refractivity (Wildman–Crippen MR) is 72.1 cm³/mol. The van der Waals surface area contributed by atoms with Crippen LogP contribution in [-0.4, -0.2) is 49.8 Å². The van der Waals surface area contributed by atoms with Crippen LogP contribution in [0, 0.1) is 11.3 Å². The first kappa shape index (κ1) is 16.4. The van der Waals surface area contributed by atoms with Crippen LogP contribution < -0.4 is 5.73 Å². The molecule has 0 radical (unpaired) electrons. The number of nitrogens with zero attached hydrogens (tertiary/aromatic N) is 1. The highest BCUT2D eigenvalue weighted by atomic mass is 32.2. The fourth-order valence-electron chi connectivity index (χ4n) is 1.36. The van der Waals surface area contributed by atoms with Gasteiger partial charge in [0.1, 0.15) is 0 Å². The van der Waals surface area contributed by atoms with Crippen LogP contribution in [0.1, 0.15) is 27.7 Å². The van der Waals surface area contributed by atoms with Crippen LogP contribution in [0.25, 0.3) is 0 Å². The van der Waals surface area contributed by atoms with E-state index < -0.39 is 9.84 Å². The van der Waals surface area contributed by atoms with Gasteiger partial charge in [-0.05, 0) is 20.4 Å². The first-order valence-electron chi connectivity index (χ1n) is 5.98. The molecule has 0 saturated heterocycles. The third-order valence-electron chi connectivity index (χ3n) is 2.92. The van der Waals surface area contributed by atoms with E-state index in [1.807, 2.05) is 18.7 Å². The highest BCUT2D eigenvalue weighted by molar-refractivity contribution is 7.92. The van der Waals surface area contributed by atoms with Crippen molar-refractivity contribution in [3.05, 3.63) is 0 Å². The molecule has 0 heterocycles. The minimum atomic E-state index is -2.99. The van der Waals surface area contributed by atoms with E-state index in [9.17, 15) is 8.42 Å². The van der Waals surface area contributed by atoms with E-state index in [1.54, 1.807) is 13.8 Å². The molecule has 3 N–H and O–H groups in total. The summed E-state index contributed by atoms with van der Waals surface area (Å²) in [6.07, 6.45) is 0. The number of hydrogen-bond acceptors (Lipinski definition) is 4. The van der Waals surface area contributed by atoms with Crippen LogP contribution >= 0.6 is 0 Å². The van der Waals surface area contributed by atoms with Crippen molar-refractivity contribution in [2.45, 2.75) is 32.9 Å². The highest BCUT2D eigenvalue weighted by Crippen LogP contribution is 2.04. The molecule has 0 aromatic heterocycles. The third-order valence-corrected chi connectivity index (χ3v) is 5.11. The zero-order chi connectivity index (χ0) is 13.6. The maximum Gasteiger partial charge on any atom is 0.153 e. The van der Waals surface area contributed by atoms with Crippen LogP contribution in [0.5, 0.6) is 0 Å². The number of amidine groups is 1. The van der Waals surface area contributed by atoms with Crippen molar-refractivity contribution in [2.75, 3.05) is 25.4 Å². The summed E-state index contributed by atoms with van der Waals surface area (Å²) in [7, 11) is -2.99. The van der Waals surface area contributed by atoms with Gasteiger partial charge in [-0.15, -0.1) is 0 Å². The van der Waals surface area contributed by atoms with Crippen molar-refractivity contribution in [2.24, 2.45) is 11.7 Å². The molecule has 0 aliphatic heterocycles. The van der Waals surface area contributed by atoms with Crippen LogP contribution in [0.15, 0.2) is 0 Å². The van der Waals surface area contributed by atoms with Crippen LogP contribution in [0.2, 0.25) is 0 Å². The molecule has 0 saturated carbocycles.